The molecule has 0 aliphatic rings. The van der Waals surface area contributed by atoms with E-state index in [1.54, 1.807) is 24.9 Å². The number of ether oxygens (including phenoxy) is 1. The molecule has 1 aromatic rings. The van der Waals surface area contributed by atoms with Crippen molar-refractivity contribution < 1.29 is 13.9 Å². The van der Waals surface area contributed by atoms with Gasteiger partial charge in [0, 0.05) is 13.6 Å². The summed E-state index contributed by atoms with van der Waals surface area (Å²) >= 11 is 0. The molecular weight excluding hydrogens is 235 g/mol. The van der Waals surface area contributed by atoms with Crippen LogP contribution in [0, 0.1) is 23.1 Å². The van der Waals surface area contributed by atoms with E-state index in [0.717, 1.165) is 0 Å². The van der Waals surface area contributed by atoms with Crippen molar-refractivity contribution in [3.63, 3.8) is 0 Å². The summed E-state index contributed by atoms with van der Waals surface area (Å²) in [5.74, 6) is -1.25. The molecule has 0 N–H and O–H groups in total. The van der Waals surface area contributed by atoms with Crippen LogP contribution in [-0.4, -0.2) is 26.7 Å². The maximum atomic E-state index is 13.4. The van der Waals surface area contributed by atoms with E-state index in [0.29, 0.717) is 12.2 Å². The van der Waals surface area contributed by atoms with Crippen molar-refractivity contribution in [2.24, 2.45) is 5.92 Å². The third-order valence-electron chi connectivity index (χ3n) is 2.67. The SMILES string of the molecule is COC(=O)C(C)CN(C)c1cccc(F)c1C#N. The minimum absolute atomic E-state index is 0.0166. The Hall–Kier alpha value is -2.09. The van der Waals surface area contributed by atoms with Crippen LogP contribution in [0.25, 0.3) is 0 Å². The summed E-state index contributed by atoms with van der Waals surface area (Å²) in [4.78, 5) is 13.0. The number of methoxy groups -OCH3 is 1. The van der Waals surface area contributed by atoms with E-state index in [-0.39, 0.29) is 17.5 Å². The Balaban J connectivity index is 2.92. The highest BCUT2D eigenvalue weighted by Gasteiger charge is 2.18. The molecule has 1 unspecified atom stereocenters. The van der Waals surface area contributed by atoms with Crippen LogP contribution in [0.1, 0.15) is 12.5 Å². The molecule has 0 radical (unpaired) electrons. The fourth-order valence-corrected chi connectivity index (χ4v) is 1.73. The summed E-state index contributed by atoms with van der Waals surface area (Å²) in [5.41, 5.74) is 0.449. The third-order valence-corrected chi connectivity index (χ3v) is 2.67. The van der Waals surface area contributed by atoms with Crippen LogP contribution in [-0.2, 0) is 9.53 Å². The minimum Gasteiger partial charge on any atom is -0.469 e. The van der Waals surface area contributed by atoms with Gasteiger partial charge in [0.2, 0.25) is 0 Å². The van der Waals surface area contributed by atoms with Gasteiger partial charge < -0.3 is 9.64 Å². The lowest BCUT2D eigenvalue weighted by Crippen LogP contribution is -2.29. The number of carbonyl (C=O) groups excluding carboxylic acids is 1. The van der Waals surface area contributed by atoms with Gasteiger partial charge in [-0.1, -0.05) is 13.0 Å². The predicted molar refractivity (Wildman–Crippen MR) is 65.6 cm³/mol. The molecule has 0 saturated heterocycles. The third kappa shape index (κ3) is 2.98. The van der Waals surface area contributed by atoms with Crippen molar-refractivity contribution in [3.8, 4) is 6.07 Å². The Kier molecular flexibility index (Phi) is 4.67. The largest absolute Gasteiger partial charge is 0.469 e. The van der Waals surface area contributed by atoms with E-state index in [9.17, 15) is 9.18 Å². The number of anilines is 1. The second-order valence-corrected chi connectivity index (χ2v) is 4.05. The number of hydrogen-bond donors (Lipinski definition) is 0. The van der Waals surface area contributed by atoms with Crippen LogP contribution in [0.3, 0.4) is 0 Å². The van der Waals surface area contributed by atoms with Crippen LogP contribution in [0.15, 0.2) is 18.2 Å². The highest BCUT2D eigenvalue weighted by molar-refractivity contribution is 5.73. The lowest BCUT2D eigenvalue weighted by Gasteiger charge is -2.23. The van der Waals surface area contributed by atoms with Gasteiger partial charge in [0.05, 0.1) is 18.7 Å². The summed E-state index contributed by atoms with van der Waals surface area (Å²) in [6.07, 6.45) is 0. The first-order valence-electron chi connectivity index (χ1n) is 5.48. The fourth-order valence-electron chi connectivity index (χ4n) is 1.73. The first kappa shape index (κ1) is 14.0. The predicted octanol–water partition coefficient (Wildman–Crippen LogP) is 1.94. The summed E-state index contributed by atoms with van der Waals surface area (Å²) < 4.78 is 18.1. The van der Waals surface area contributed by atoms with Crippen molar-refractivity contribution in [2.45, 2.75) is 6.92 Å². The Morgan fingerprint density at radius 1 is 1.61 bits per heavy atom. The number of benzene rings is 1. The van der Waals surface area contributed by atoms with Crippen LogP contribution in [0.5, 0.6) is 0 Å². The van der Waals surface area contributed by atoms with E-state index in [2.05, 4.69) is 4.74 Å². The van der Waals surface area contributed by atoms with Gasteiger partial charge in [-0.05, 0) is 12.1 Å². The zero-order valence-electron chi connectivity index (χ0n) is 10.6. The second-order valence-electron chi connectivity index (χ2n) is 4.05. The molecule has 0 spiro atoms. The molecule has 1 atom stereocenters. The van der Waals surface area contributed by atoms with Crippen LogP contribution >= 0.6 is 0 Å². The number of esters is 1. The molecule has 18 heavy (non-hydrogen) atoms. The molecule has 5 heteroatoms. The highest BCUT2D eigenvalue weighted by Crippen LogP contribution is 2.22. The molecule has 0 amide bonds. The van der Waals surface area contributed by atoms with Crippen LogP contribution < -0.4 is 4.90 Å². The molecular formula is C13H15FN2O2. The summed E-state index contributed by atoms with van der Waals surface area (Å²) in [6.45, 7) is 2.07. The van der Waals surface area contributed by atoms with E-state index in [4.69, 9.17) is 5.26 Å². The summed E-state index contributed by atoms with van der Waals surface area (Å²) in [7, 11) is 3.02. The van der Waals surface area contributed by atoms with E-state index >= 15 is 0 Å². The molecule has 1 aromatic carbocycles. The normalized spacial score (nSPS) is 11.5. The maximum Gasteiger partial charge on any atom is 0.310 e. The first-order chi connectivity index (χ1) is 8.51. The quantitative estimate of drug-likeness (QED) is 0.766. The number of nitriles is 1. The molecule has 0 aromatic heterocycles. The van der Waals surface area contributed by atoms with Crippen LogP contribution in [0.4, 0.5) is 10.1 Å². The minimum atomic E-state index is -0.562. The fraction of sp³-hybridized carbons (Fsp3) is 0.385. The van der Waals surface area contributed by atoms with Crippen molar-refractivity contribution in [1.82, 2.24) is 0 Å². The number of carbonyl (C=O) groups is 1. The van der Waals surface area contributed by atoms with Gasteiger partial charge >= 0.3 is 5.97 Å². The van der Waals surface area contributed by atoms with E-state index in [1.807, 2.05) is 6.07 Å². The van der Waals surface area contributed by atoms with Gasteiger partial charge in [-0.15, -0.1) is 0 Å². The number of halogens is 1. The monoisotopic (exact) mass is 250 g/mol. The standard InChI is InChI=1S/C13H15FN2O2/c1-9(13(17)18-3)8-16(2)12-6-4-5-11(14)10(12)7-15/h4-6,9H,8H2,1-3H3. The molecule has 0 saturated carbocycles. The van der Waals surface area contributed by atoms with Crippen molar-refractivity contribution >= 4 is 11.7 Å². The number of hydrogen-bond acceptors (Lipinski definition) is 4. The number of nitrogens with zero attached hydrogens (tertiary/aromatic N) is 2. The van der Waals surface area contributed by atoms with Crippen LogP contribution in [0.2, 0.25) is 0 Å². The molecule has 0 fully saturated rings. The Morgan fingerprint density at radius 2 is 2.28 bits per heavy atom. The average molecular weight is 250 g/mol. The molecule has 0 aliphatic carbocycles. The zero-order valence-corrected chi connectivity index (χ0v) is 10.6. The Bertz CT molecular complexity index is 482. The highest BCUT2D eigenvalue weighted by atomic mass is 19.1. The zero-order chi connectivity index (χ0) is 13.7. The Morgan fingerprint density at radius 3 is 2.83 bits per heavy atom. The average Bonchev–Trinajstić information content (AvgIpc) is 2.37. The van der Waals surface area contributed by atoms with Gasteiger partial charge in [-0.3, -0.25) is 4.79 Å². The van der Waals surface area contributed by atoms with Gasteiger partial charge in [0.25, 0.3) is 0 Å². The Labute approximate surface area is 106 Å². The first-order valence-corrected chi connectivity index (χ1v) is 5.48. The van der Waals surface area contributed by atoms with Gasteiger partial charge in [-0.25, -0.2) is 4.39 Å². The lowest BCUT2D eigenvalue weighted by molar-refractivity contribution is -0.144. The second kappa shape index (κ2) is 6.01. The smallest absolute Gasteiger partial charge is 0.310 e. The lowest BCUT2D eigenvalue weighted by atomic mass is 10.1. The van der Waals surface area contributed by atoms with Crippen molar-refractivity contribution in [2.75, 3.05) is 25.6 Å². The van der Waals surface area contributed by atoms with Gasteiger partial charge in [0.1, 0.15) is 17.4 Å². The molecule has 0 aliphatic heterocycles. The van der Waals surface area contributed by atoms with E-state index in [1.165, 1.54) is 19.2 Å². The summed E-state index contributed by atoms with van der Waals surface area (Å²) in [5, 5.41) is 8.93. The van der Waals surface area contributed by atoms with Gasteiger partial charge in [-0.2, -0.15) is 5.26 Å². The van der Waals surface area contributed by atoms with Crippen molar-refractivity contribution in [3.05, 3.63) is 29.6 Å². The van der Waals surface area contributed by atoms with Gasteiger partial charge in [0.15, 0.2) is 0 Å². The van der Waals surface area contributed by atoms with Crippen molar-refractivity contribution in [1.29, 1.82) is 5.26 Å². The topological polar surface area (TPSA) is 53.3 Å². The van der Waals surface area contributed by atoms with E-state index < -0.39 is 5.82 Å². The maximum absolute atomic E-state index is 13.4. The molecule has 0 bridgehead atoms. The molecule has 96 valence electrons. The molecule has 4 nitrogen and oxygen atoms in total. The summed E-state index contributed by atoms with van der Waals surface area (Å²) in [6, 6.07) is 6.24. The number of rotatable bonds is 4. The molecule has 0 heterocycles. The molecule has 1 rings (SSSR count).